The number of nitrogens with two attached hydrogens (primary N) is 1. The van der Waals surface area contributed by atoms with E-state index in [-0.39, 0.29) is 11.6 Å². The van der Waals surface area contributed by atoms with E-state index in [2.05, 4.69) is 5.32 Å². The molecule has 1 amide bonds. The summed E-state index contributed by atoms with van der Waals surface area (Å²) in [5, 5.41) is 3.27. The van der Waals surface area contributed by atoms with E-state index < -0.39 is 5.82 Å². The minimum absolute atomic E-state index is 0.157. The molecule has 0 aromatic heterocycles. The zero-order chi connectivity index (χ0) is 13.7. The van der Waals surface area contributed by atoms with Crippen molar-refractivity contribution in [1.82, 2.24) is 0 Å². The molecule has 1 aliphatic carbocycles. The minimum atomic E-state index is -0.453. The Balaban J connectivity index is 1.75. The molecule has 0 spiro atoms. The van der Waals surface area contributed by atoms with Gasteiger partial charge in [0.05, 0.1) is 5.69 Å². The van der Waals surface area contributed by atoms with Crippen LogP contribution in [-0.4, -0.2) is 16.9 Å². The van der Waals surface area contributed by atoms with Crippen LogP contribution in [-0.2, 0) is 4.79 Å². The Morgan fingerprint density at radius 2 is 2.16 bits per heavy atom. The SMILES string of the molecule is Nc1ccc(F)c(NC(=O)CCSC2CCCC2)c1. The van der Waals surface area contributed by atoms with E-state index >= 15 is 0 Å². The predicted octanol–water partition coefficient (Wildman–Crippen LogP) is 3.41. The van der Waals surface area contributed by atoms with Gasteiger partial charge < -0.3 is 11.1 Å². The molecule has 0 radical (unpaired) electrons. The van der Waals surface area contributed by atoms with Gasteiger partial charge in [-0.1, -0.05) is 12.8 Å². The lowest BCUT2D eigenvalue weighted by atomic mass is 10.2. The van der Waals surface area contributed by atoms with Gasteiger partial charge >= 0.3 is 0 Å². The standard InChI is InChI=1S/C14H19FN2OS/c15-12-6-5-10(16)9-13(12)17-14(18)7-8-19-11-3-1-2-4-11/h5-6,9,11H,1-4,7-8,16H2,(H,17,18). The quantitative estimate of drug-likeness (QED) is 0.814. The molecule has 0 unspecified atom stereocenters. The lowest BCUT2D eigenvalue weighted by Crippen LogP contribution is -2.14. The maximum Gasteiger partial charge on any atom is 0.225 e. The number of anilines is 2. The van der Waals surface area contributed by atoms with E-state index in [9.17, 15) is 9.18 Å². The van der Waals surface area contributed by atoms with Crippen LogP contribution in [0.4, 0.5) is 15.8 Å². The van der Waals surface area contributed by atoms with Crippen LogP contribution in [0, 0.1) is 5.82 Å². The molecule has 1 aliphatic rings. The van der Waals surface area contributed by atoms with Crippen molar-refractivity contribution >= 4 is 29.0 Å². The second kappa shape index (κ2) is 6.80. The van der Waals surface area contributed by atoms with Crippen LogP contribution < -0.4 is 11.1 Å². The first-order valence-electron chi connectivity index (χ1n) is 6.61. The highest BCUT2D eigenvalue weighted by molar-refractivity contribution is 7.99. The zero-order valence-corrected chi connectivity index (χ0v) is 11.6. The highest BCUT2D eigenvalue weighted by Crippen LogP contribution is 2.29. The number of nitrogens with one attached hydrogen (secondary N) is 1. The molecule has 0 atom stereocenters. The van der Waals surface area contributed by atoms with Crippen molar-refractivity contribution in [2.24, 2.45) is 0 Å². The van der Waals surface area contributed by atoms with Crippen molar-refractivity contribution in [3.63, 3.8) is 0 Å². The molecule has 1 saturated carbocycles. The van der Waals surface area contributed by atoms with Crippen LogP contribution in [0.3, 0.4) is 0 Å². The van der Waals surface area contributed by atoms with Crippen molar-refractivity contribution < 1.29 is 9.18 Å². The van der Waals surface area contributed by atoms with Gasteiger partial charge in [-0.05, 0) is 31.0 Å². The molecule has 0 aliphatic heterocycles. The van der Waals surface area contributed by atoms with Gasteiger partial charge in [0.2, 0.25) is 5.91 Å². The third-order valence-electron chi connectivity index (χ3n) is 3.25. The van der Waals surface area contributed by atoms with Gasteiger partial charge in [0, 0.05) is 23.1 Å². The molecule has 3 nitrogen and oxygen atoms in total. The minimum Gasteiger partial charge on any atom is -0.399 e. The summed E-state index contributed by atoms with van der Waals surface area (Å²) in [6, 6.07) is 4.18. The summed E-state index contributed by atoms with van der Waals surface area (Å²) < 4.78 is 13.4. The smallest absolute Gasteiger partial charge is 0.225 e. The Labute approximate surface area is 117 Å². The van der Waals surface area contributed by atoms with Crippen LogP contribution in [0.15, 0.2) is 18.2 Å². The Bertz CT molecular complexity index is 447. The van der Waals surface area contributed by atoms with Crippen LogP contribution >= 0.6 is 11.8 Å². The Morgan fingerprint density at radius 1 is 1.42 bits per heavy atom. The Hall–Kier alpha value is -1.23. The number of hydrogen-bond donors (Lipinski definition) is 2. The third-order valence-corrected chi connectivity index (χ3v) is 4.63. The molecule has 0 heterocycles. The fourth-order valence-corrected chi connectivity index (χ4v) is 3.53. The summed E-state index contributed by atoms with van der Waals surface area (Å²) in [5.41, 5.74) is 6.17. The Kier molecular flexibility index (Phi) is 5.07. The molecule has 3 N–H and O–H groups in total. The first-order chi connectivity index (χ1) is 9.15. The molecule has 1 aromatic carbocycles. The van der Waals surface area contributed by atoms with E-state index in [1.54, 1.807) is 0 Å². The van der Waals surface area contributed by atoms with E-state index in [1.807, 2.05) is 11.8 Å². The number of rotatable bonds is 5. The third kappa shape index (κ3) is 4.42. The monoisotopic (exact) mass is 282 g/mol. The van der Waals surface area contributed by atoms with Crippen LogP contribution in [0.25, 0.3) is 0 Å². The van der Waals surface area contributed by atoms with E-state index in [0.717, 1.165) is 5.75 Å². The number of carbonyl (C=O) groups excluding carboxylic acids is 1. The fraction of sp³-hybridized carbons (Fsp3) is 0.500. The molecule has 19 heavy (non-hydrogen) atoms. The van der Waals surface area contributed by atoms with E-state index in [0.29, 0.717) is 17.4 Å². The van der Waals surface area contributed by atoms with Crippen molar-refractivity contribution in [3.8, 4) is 0 Å². The highest BCUT2D eigenvalue weighted by Gasteiger charge is 2.15. The summed E-state index contributed by atoms with van der Waals surface area (Å²) in [5.74, 6) is 0.182. The fourth-order valence-electron chi connectivity index (χ4n) is 2.22. The highest BCUT2D eigenvalue weighted by atomic mass is 32.2. The maximum absolute atomic E-state index is 13.4. The van der Waals surface area contributed by atoms with Crippen molar-refractivity contribution in [3.05, 3.63) is 24.0 Å². The average Bonchev–Trinajstić information content (AvgIpc) is 2.87. The molecule has 0 bridgehead atoms. The molecular formula is C14H19FN2OS. The first-order valence-corrected chi connectivity index (χ1v) is 7.66. The van der Waals surface area contributed by atoms with Gasteiger partial charge in [-0.15, -0.1) is 0 Å². The lowest BCUT2D eigenvalue weighted by molar-refractivity contribution is -0.115. The molecule has 0 saturated heterocycles. The largest absolute Gasteiger partial charge is 0.399 e. The molecule has 1 aromatic rings. The predicted molar refractivity (Wildman–Crippen MR) is 78.8 cm³/mol. The van der Waals surface area contributed by atoms with Crippen LogP contribution in [0.1, 0.15) is 32.1 Å². The van der Waals surface area contributed by atoms with E-state index in [1.165, 1.54) is 43.9 Å². The number of halogens is 1. The van der Waals surface area contributed by atoms with Gasteiger partial charge in [-0.2, -0.15) is 11.8 Å². The summed E-state index contributed by atoms with van der Waals surface area (Å²) in [7, 11) is 0. The van der Waals surface area contributed by atoms with Crippen molar-refractivity contribution in [2.45, 2.75) is 37.4 Å². The van der Waals surface area contributed by atoms with Gasteiger partial charge in [-0.25, -0.2) is 4.39 Å². The number of nitrogen functional groups attached to an aromatic ring is 1. The van der Waals surface area contributed by atoms with Gasteiger partial charge in [-0.3, -0.25) is 4.79 Å². The molecular weight excluding hydrogens is 263 g/mol. The first kappa shape index (κ1) is 14.2. The molecule has 2 rings (SSSR count). The van der Waals surface area contributed by atoms with Crippen molar-refractivity contribution in [1.29, 1.82) is 0 Å². The number of amides is 1. The second-order valence-electron chi connectivity index (χ2n) is 4.81. The van der Waals surface area contributed by atoms with Crippen molar-refractivity contribution in [2.75, 3.05) is 16.8 Å². The number of carbonyl (C=O) groups is 1. The summed E-state index contributed by atoms with van der Waals surface area (Å²) in [6.45, 7) is 0. The summed E-state index contributed by atoms with van der Waals surface area (Å²) in [6.07, 6.45) is 5.54. The molecule has 1 fully saturated rings. The zero-order valence-electron chi connectivity index (χ0n) is 10.8. The number of hydrogen-bond acceptors (Lipinski definition) is 3. The normalized spacial score (nSPS) is 15.6. The van der Waals surface area contributed by atoms with Gasteiger partial charge in [0.25, 0.3) is 0 Å². The summed E-state index contributed by atoms with van der Waals surface area (Å²) >= 11 is 1.85. The Morgan fingerprint density at radius 3 is 2.89 bits per heavy atom. The lowest BCUT2D eigenvalue weighted by Gasteiger charge is -2.09. The number of thioether (sulfide) groups is 1. The molecule has 5 heteroatoms. The molecule has 104 valence electrons. The summed E-state index contributed by atoms with van der Waals surface area (Å²) in [4.78, 5) is 11.7. The van der Waals surface area contributed by atoms with Crippen LogP contribution in [0.2, 0.25) is 0 Å². The maximum atomic E-state index is 13.4. The van der Waals surface area contributed by atoms with Gasteiger partial charge in [0.1, 0.15) is 5.82 Å². The number of benzene rings is 1. The van der Waals surface area contributed by atoms with Gasteiger partial charge in [0.15, 0.2) is 0 Å². The average molecular weight is 282 g/mol. The second-order valence-corrected chi connectivity index (χ2v) is 6.22. The van der Waals surface area contributed by atoms with Crippen LogP contribution in [0.5, 0.6) is 0 Å². The topological polar surface area (TPSA) is 55.1 Å². The van der Waals surface area contributed by atoms with E-state index in [4.69, 9.17) is 5.73 Å².